The molecule has 4 nitrogen and oxygen atoms in total. The largest absolute Gasteiger partial charge is 0.342 e. The Morgan fingerprint density at radius 1 is 1.21 bits per heavy atom. The van der Waals surface area contributed by atoms with Crippen LogP contribution in [0.1, 0.15) is 58.8 Å². The molecule has 108 valence electrons. The van der Waals surface area contributed by atoms with Gasteiger partial charge in [-0.15, -0.1) is 0 Å². The number of carbonyl (C=O) groups excluding carboxylic acids is 2. The van der Waals surface area contributed by atoms with Crippen LogP contribution in [0.5, 0.6) is 0 Å². The van der Waals surface area contributed by atoms with Crippen molar-refractivity contribution in [3.63, 3.8) is 0 Å². The second kappa shape index (κ2) is 6.40. The Kier molecular flexibility index (Phi) is 4.83. The first-order chi connectivity index (χ1) is 9.17. The predicted octanol–water partition coefficient (Wildman–Crippen LogP) is 2.08. The topological polar surface area (TPSA) is 49.4 Å². The summed E-state index contributed by atoms with van der Waals surface area (Å²) in [6.45, 7) is 4.57. The van der Waals surface area contributed by atoms with Crippen molar-refractivity contribution in [1.29, 1.82) is 0 Å². The van der Waals surface area contributed by atoms with Crippen LogP contribution in [0.15, 0.2) is 0 Å². The van der Waals surface area contributed by atoms with Crippen LogP contribution in [0.3, 0.4) is 0 Å². The van der Waals surface area contributed by atoms with Crippen molar-refractivity contribution in [2.45, 2.75) is 70.9 Å². The minimum atomic E-state index is -0.234. The van der Waals surface area contributed by atoms with E-state index in [1.807, 2.05) is 4.90 Å². The van der Waals surface area contributed by atoms with Gasteiger partial charge in [-0.25, -0.2) is 0 Å². The van der Waals surface area contributed by atoms with Gasteiger partial charge in [0.15, 0.2) is 0 Å². The summed E-state index contributed by atoms with van der Waals surface area (Å²) >= 11 is 0. The van der Waals surface area contributed by atoms with Crippen molar-refractivity contribution >= 4 is 11.8 Å². The maximum absolute atomic E-state index is 12.5. The Balaban J connectivity index is 2.04. The molecule has 2 atom stereocenters. The van der Waals surface area contributed by atoms with Gasteiger partial charge in [0.25, 0.3) is 0 Å². The average molecular weight is 266 g/mol. The normalized spacial score (nSPS) is 25.4. The zero-order valence-corrected chi connectivity index (χ0v) is 12.2. The molecule has 1 aliphatic heterocycles. The van der Waals surface area contributed by atoms with Crippen LogP contribution in [0.4, 0.5) is 0 Å². The first-order valence-corrected chi connectivity index (χ1v) is 7.77. The third kappa shape index (κ3) is 3.48. The molecule has 0 spiro atoms. The number of hydrogen-bond acceptors (Lipinski definition) is 2. The molecule has 1 saturated carbocycles. The van der Waals surface area contributed by atoms with Crippen LogP contribution >= 0.6 is 0 Å². The van der Waals surface area contributed by atoms with Crippen molar-refractivity contribution < 1.29 is 9.59 Å². The molecular weight excluding hydrogens is 240 g/mol. The molecule has 0 aromatic carbocycles. The average Bonchev–Trinajstić information content (AvgIpc) is 3.21. The smallest absolute Gasteiger partial charge is 0.246 e. The third-order valence-corrected chi connectivity index (χ3v) is 4.23. The monoisotopic (exact) mass is 266 g/mol. The van der Waals surface area contributed by atoms with E-state index < -0.39 is 0 Å². The Morgan fingerprint density at radius 3 is 2.53 bits per heavy atom. The molecule has 2 unspecified atom stereocenters. The van der Waals surface area contributed by atoms with E-state index in [-0.39, 0.29) is 30.4 Å². The standard InChI is InChI=1S/C15H26N2O2/c1-3-5-7-12(6-4-2)17-10-13(18)16-14(15(17)19)11-8-9-11/h11-12,14H,3-10H2,1-2H3,(H,16,18). The van der Waals surface area contributed by atoms with E-state index in [1.165, 1.54) is 0 Å². The lowest BCUT2D eigenvalue weighted by Crippen LogP contribution is -2.61. The summed E-state index contributed by atoms with van der Waals surface area (Å²) in [7, 11) is 0. The summed E-state index contributed by atoms with van der Waals surface area (Å²) in [6, 6.07) is 0.0204. The summed E-state index contributed by atoms with van der Waals surface area (Å²) in [5.74, 6) is 0.582. The highest BCUT2D eigenvalue weighted by Crippen LogP contribution is 2.35. The van der Waals surface area contributed by atoms with Gasteiger partial charge < -0.3 is 10.2 Å². The quantitative estimate of drug-likeness (QED) is 0.767. The summed E-state index contributed by atoms with van der Waals surface area (Å²) < 4.78 is 0. The van der Waals surface area contributed by atoms with Crippen molar-refractivity contribution in [3.8, 4) is 0 Å². The van der Waals surface area contributed by atoms with Gasteiger partial charge in [0, 0.05) is 6.04 Å². The van der Waals surface area contributed by atoms with Crippen LogP contribution in [0, 0.1) is 5.92 Å². The molecule has 19 heavy (non-hydrogen) atoms. The predicted molar refractivity (Wildman–Crippen MR) is 74.6 cm³/mol. The number of carbonyl (C=O) groups is 2. The second-order valence-corrected chi connectivity index (χ2v) is 5.93. The van der Waals surface area contributed by atoms with Crippen LogP contribution in [-0.2, 0) is 9.59 Å². The molecular formula is C15H26N2O2. The minimum Gasteiger partial charge on any atom is -0.342 e. The van der Waals surface area contributed by atoms with Crippen molar-refractivity contribution in [1.82, 2.24) is 10.2 Å². The highest BCUT2D eigenvalue weighted by Gasteiger charge is 2.44. The van der Waals surface area contributed by atoms with Gasteiger partial charge >= 0.3 is 0 Å². The lowest BCUT2D eigenvalue weighted by Gasteiger charge is -2.38. The van der Waals surface area contributed by atoms with E-state index in [2.05, 4.69) is 19.2 Å². The summed E-state index contributed by atoms with van der Waals surface area (Å²) in [4.78, 5) is 26.2. The van der Waals surface area contributed by atoms with E-state index in [9.17, 15) is 9.59 Å². The number of hydrogen-bond donors (Lipinski definition) is 1. The molecule has 0 bridgehead atoms. The molecule has 1 heterocycles. The molecule has 0 radical (unpaired) electrons. The number of piperazine rings is 1. The summed E-state index contributed by atoms with van der Waals surface area (Å²) in [5.41, 5.74) is 0. The van der Waals surface area contributed by atoms with Gasteiger partial charge in [-0.3, -0.25) is 9.59 Å². The van der Waals surface area contributed by atoms with Crippen LogP contribution in [0.2, 0.25) is 0 Å². The number of rotatable bonds is 7. The fraction of sp³-hybridized carbons (Fsp3) is 0.867. The zero-order chi connectivity index (χ0) is 13.8. The first-order valence-electron chi connectivity index (χ1n) is 7.77. The van der Waals surface area contributed by atoms with Crippen molar-refractivity contribution in [3.05, 3.63) is 0 Å². The Bertz CT molecular complexity index is 339. The molecule has 2 rings (SSSR count). The van der Waals surface area contributed by atoms with Crippen molar-refractivity contribution in [2.24, 2.45) is 5.92 Å². The Hall–Kier alpha value is -1.06. The van der Waals surface area contributed by atoms with Gasteiger partial charge in [0.2, 0.25) is 11.8 Å². The van der Waals surface area contributed by atoms with Crippen LogP contribution in [0.25, 0.3) is 0 Å². The van der Waals surface area contributed by atoms with E-state index in [0.717, 1.165) is 44.9 Å². The minimum absolute atomic E-state index is 0.0223. The maximum atomic E-state index is 12.5. The van der Waals surface area contributed by atoms with Crippen molar-refractivity contribution in [2.75, 3.05) is 6.54 Å². The highest BCUT2D eigenvalue weighted by molar-refractivity contribution is 5.95. The summed E-state index contributed by atoms with van der Waals surface area (Å²) in [6.07, 6.45) is 7.53. The van der Waals surface area contributed by atoms with E-state index in [0.29, 0.717) is 5.92 Å². The first kappa shape index (κ1) is 14.4. The number of nitrogens with one attached hydrogen (secondary N) is 1. The number of unbranched alkanes of at least 4 members (excludes halogenated alkanes) is 1. The molecule has 2 amide bonds. The maximum Gasteiger partial charge on any atom is 0.246 e. The van der Waals surface area contributed by atoms with Gasteiger partial charge in [-0.1, -0.05) is 33.1 Å². The molecule has 1 saturated heterocycles. The molecule has 0 aromatic heterocycles. The second-order valence-electron chi connectivity index (χ2n) is 5.93. The number of amides is 2. The zero-order valence-electron chi connectivity index (χ0n) is 12.2. The molecule has 1 aliphatic carbocycles. The van der Waals surface area contributed by atoms with E-state index in [4.69, 9.17) is 0 Å². The molecule has 4 heteroatoms. The molecule has 0 aromatic rings. The third-order valence-electron chi connectivity index (χ3n) is 4.23. The van der Waals surface area contributed by atoms with Crippen LogP contribution < -0.4 is 5.32 Å². The summed E-state index contributed by atoms with van der Waals surface area (Å²) in [5, 5.41) is 2.88. The van der Waals surface area contributed by atoms with Gasteiger partial charge in [0.05, 0.1) is 6.54 Å². The highest BCUT2D eigenvalue weighted by atomic mass is 16.2. The molecule has 2 aliphatic rings. The Morgan fingerprint density at radius 2 is 1.95 bits per heavy atom. The Labute approximate surface area is 115 Å². The molecule has 2 fully saturated rings. The van der Waals surface area contributed by atoms with E-state index >= 15 is 0 Å². The van der Waals surface area contributed by atoms with Gasteiger partial charge in [-0.05, 0) is 31.6 Å². The lowest BCUT2D eigenvalue weighted by molar-refractivity contribution is -0.147. The number of nitrogens with zero attached hydrogens (tertiary/aromatic N) is 1. The molecule has 1 N–H and O–H groups in total. The fourth-order valence-electron chi connectivity index (χ4n) is 2.98. The van der Waals surface area contributed by atoms with Crippen LogP contribution in [-0.4, -0.2) is 35.3 Å². The SMILES string of the molecule is CCCCC(CCC)N1CC(=O)NC(C2CC2)C1=O. The lowest BCUT2D eigenvalue weighted by atomic mass is 9.99. The van der Waals surface area contributed by atoms with Gasteiger partial charge in [0.1, 0.15) is 6.04 Å². The van der Waals surface area contributed by atoms with Gasteiger partial charge in [-0.2, -0.15) is 0 Å². The van der Waals surface area contributed by atoms with E-state index in [1.54, 1.807) is 0 Å². The fourth-order valence-corrected chi connectivity index (χ4v) is 2.98.